The third kappa shape index (κ3) is 3.82. The van der Waals surface area contributed by atoms with E-state index in [0.717, 1.165) is 31.1 Å². The number of nitrogens with zero attached hydrogens (tertiary/aromatic N) is 2. The summed E-state index contributed by atoms with van der Waals surface area (Å²) in [4.78, 5) is 16.5. The smallest absolute Gasteiger partial charge is 0.257 e. The lowest BCUT2D eigenvalue weighted by atomic mass is 10.1. The lowest BCUT2D eigenvalue weighted by Gasteiger charge is -2.22. The van der Waals surface area contributed by atoms with Crippen LogP contribution >= 0.6 is 0 Å². The number of hydrogen-bond acceptors (Lipinski definition) is 4. The third-order valence-electron chi connectivity index (χ3n) is 4.35. The maximum absolute atomic E-state index is 14.3. The Labute approximate surface area is 144 Å². The summed E-state index contributed by atoms with van der Waals surface area (Å²) >= 11 is 0. The monoisotopic (exact) mass is 350 g/mol. The molecule has 1 aromatic carbocycles. The molecule has 0 saturated carbocycles. The Bertz CT molecular complexity index is 734. The van der Waals surface area contributed by atoms with E-state index in [9.17, 15) is 13.6 Å². The van der Waals surface area contributed by atoms with E-state index in [4.69, 9.17) is 9.15 Å². The van der Waals surface area contributed by atoms with Crippen LogP contribution in [-0.2, 0) is 6.54 Å². The second-order valence-electron chi connectivity index (χ2n) is 6.00. The molecule has 25 heavy (non-hydrogen) atoms. The molecule has 0 bridgehead atoms. The van der Waals surface area contributed by atoms with Crippen LogP contribution in [0, 0.1) is 11.6 Å². The number of carbonyl (C=O) groups excluding carboxylic acids is 1. The van der Waals surface area contributed by atoms with Crippen LogP contribution in [0.15, 0.2) is 35.1 Å². The van der Waals surface area contributed by atoms with Gasteiger partial charge in [-0.3, -0.25) is 9.69 Å². The van der Waals surface area contributed by atoms with Crippen molar-refractivity contribution in [3.8, 4) is 5.75 Å². The summed E-state index contributed by atoms with van der Waals surface area (Å²) in [6.07, 6.45) is 4.12. The van der Waals surface area contributed by atoms with Gasteiger partial charge < -0.3 is 14.1 Å². The quantitative estimate of drug-likeness (QED) is 0.851. The molecule has 5 nitrogen and oxygen atoms in total. The summed E-state index contributed by atoms with van der Waals surface area (Å²) in [5, 5.41) is 0. The van der Waals surface area contributed by atoms with Gasteiger partial charge in [0.05, 0.1) is 25.2 Å². The van der Waals surface area contributed by atoms with E-state index in [1.54, 1.807) is 17.4 Å². The molecule has 0 aliphatic carbocycles. The number of rotatable bonds is 4. The number of methoxy groups -OCH3 is 1. The van der Waals surface area contributed by atoms with Gasteiger partial charge in [0, 0.05) is 38.3 Å². The molecule has 0 unspecified atom stereocenters. The van der Waals surface area contributed by atoms with Crippen molar-refractivity contribution in [2.45, 2.75) is 13.0 Å². The van der Waals surface area contributed by atoms with Crippen LogP contribution in [-0.4, -0.2) is 49.0 Å². The number of ether oxygens (including phenoxy) is 1. The van der Waals surface area contributed by atoms with Crippen LogP contribution in [0.3, 0.4) is 0 Å². The van der Waals surface area contributed by atoms with E-state index in [1.807, 2.05) is 6.07 Å². The lowest BCUT2D eigenvalue weighted by molar-refractivity contribution is 0.0755. The van der Waals surface area contributed by atoms with Gasteiger partial charge in [-0.25, -0.2) is 8.78 Å². The van der Waals surface area contributed by atoms with Crippen molar-refractivity contribution in [3.05, 3.63) is 53.5 Å². The van der Waals surface area contributed by atoms with Gasteiger partial charge in [-0.2, -0.15) is 0 Å². The molecular formula is C18H20F2N2O3. The van der Waals surface area contributed by atoms with Crippen LogP contribution in [0.2, 0.25) is 0 Å². The van der Waals surface area contributed by atoms with Crippen molar-refractivity contribution in [2.24, 2.45) is 0 Å². The number of halogens is 2. The Morgan fingerprint density at radius 2 is 2.04 bits per heavy atom. The third-order valence-corrected chi connectivity index (χ3v) is 4.35. The van der Waals surface area contributed by atoms with Crippen molar-refractivity contribution < 1.29 is 22.7 Å². The molecule has 1 saturated heterocycles. The number of hydrogen-bond donors (Lipinski definition) is 0. The van der Waals surface area contributed by atoms with E-state index in [0.29, 0.717) is 19.6 Å². The first-order chi connectivity index (χ1) is 12.1. The molecule has 3 rings (SSSR count). The SMILES string of the molecule is COc1c(F)ccc(C(=O)N2CCCN(Cc3ccoc3)CC2)c1F. The van der Waals surface area contributed by atoms with Gasteiger partial charge in [-0.1, -0.05) is 0 Å². The highest BCUT2D eigenvalue weighted by Gasteiger charge is 2.25. The molecule has 1 fully saturated rings. The molecule has 1 amide bonds. The molecule has 2 aromatic rings. The first kappa shape index (κ1) is 17.4. The van der Waals surface area contributed by atoms with Crippen LogP contribution in [0.5, 0.6) is 5.75 Å². The van der Waals surface area contributed by atoms with E-state index in [-0.39, 0.29) is 5.56 Å². The van der Waals surface area contributed by atoms with Crippen molar-refractivity contribution in [1.82, 2.24) is 9.80 Å². The Morgan fingerprint density at radius 1 is 1.20 bits per heavy atom. The van der Waals surface area contributed by atoms with Crippen LogP contribution < -0.4 is 4.74 Å². The average Bonchev–Trinajstić information content (AvgIpc) is 2.99. The summed E-state index contributed by atoms with van der Waals surface area (Å²) < 4.78 is 37.7. The minimum atomic E-state index is -0.952. The molecule has 0 radical (unpaired) electrons. The molecule has 0 N–H and O–H groups in total. The molecular weight excluding hydrogens is 330 g/mol. The minimum Gasteiger partial charge on any atom is -0.491 e. The zero-order chi connectivity index (χ0) is 17.8. The van der Waals surface area contributed by atoms with E-state index in [2.05, 4.69) is 4.90 Å². The highest BCUT2D eigenvalue weighted by atomic mass is 19.1. The first-order valence-electron chi connectivity index (χ1n) is 8.15. The zero-order valence-electron chi connectivity index (χ0n) is 14.0. The Morgan fingerprint density at radius 3 is 2.76 bits per heavy atom. The van der Waals surface area contributed by atoms with E-state index >= 15 is 0 Å². The molecule has 2 heterocycles. The van der Waals surface area contributed by atoms with Gasteiger partial charge in [0.1, 0.15) is 0 Å². The van der Waals surface area contributed by atoms with Crippen molar-refractivity contribution in [3.63, 3.8) is 0 Å². The Kier molecular flexibility index (Phi) is 5.33. The van der Waals surface area contributed by atoms with Crippen LogP contribution in [0.1, 0.15) is 22.3 Å². The molecule has 1 aromatic heterocycles. The van der Waals surface area contributed by atoms with Gasteiger partial charge in [-0.15, -0.1) is 0 Å². The predicted octanol–water partition coefficient (Wildman–Crippen LogP) is 2.91. The highest BCUT2D eigenvalue weighted by Crippen LogP contribution is 2.25. The van der Waals surface area contributed by atoms with Gasteiger partial charge in [-0.05, 0) is 24.6 Å². The molecule has 0 atom stereocenters. The minimum absolute atomic E-state index is 0.165. The normalized spacial score (nSPS) is 15.9. The number of benzene rings is 1. The Balaban J connectivity index is 1.69. The number of carbonyl (C=O) groups is 1. The number of amides is 1. The van der Waals surface area contributed by atoms with Gasteiger partial charge in [0.2, 0.25) is 0 Å². The summed E-state index contributed by atoms with van der Waals surface area (Å²) in [5.74, 6) is -2.74. The fourth-order valence-electron chi connectivity index (χ4n) is 3.03. The summed E-state index contributed by atoms with van der Waals surface area (Å²) in [6.45, 7) is 3.27. The summed E-state index contributed by atoms with van der Waals surface area (Å²) in [7, 11) is 1.18. The largest absolute Gasteiger partial charge is 0.491 e. The van der Waals surface area contributed by atoms with Gasteiger partial charge in [0.25, 0.3) is 5.91 Å². The Hall–Kier alpha value is -2.41. The predicted molar refractivity (Wildman–Crippen MR) is 87.4 cm³/mol. The van der Waals surface area contributed by atoms with Crippen molar-refractivity contribution in [2.75, 3.05) is 33.3 Å². The molecule has 7 heteroatoms. The second kappa shape index (κ2) is 7.65. The molecule has 1 aliphatic heterocycles. The van der Waals surface area contributed by atoms with E-state index < -0.39 is 23.3 Å². The zero-order valence-corrected chi connectivity index (χ0v) is 14.0. The molecule has 0 spiro atoms. The van der Waals surface area contributed by atoms with Gasteiger partial charge in [0.15, 0.2) is 17.4 Å². The van der Waals surface area contributed by atoms with E-state index in [1.165, 1.54) is 13.2 Å². The molecule has 134 valence electrons. The van der Waals surface area contributed by atoms with Crippen LogP contribution in [0.25, 0.3) is 0 Å². The summed E-state index contributed by atoms with van der Waals surface area (Å²) in [5.41, 5.74) is 0.913. The van der Waals surface area contributed by atoms with Crippen molar-refractivity contribution in [1.29, 1.82) is 0 Å². The maximum atomic E-state index is 14.3. The summed E-state index contributed by atoms with van der Waals surface area (Å²) in [6, 6.07) is 4.13. The molecule has 1 aliphatic rings. The topological polar surface area (TPSA) is 45.9 Å². The first-order valence-corrected chi connectivity index (χ1v) is 8.15. The number of furan rings is 1. The maximum Gasteiger partial charge on any atom is 0.257 e. The fourth-order valence-corrected chi connectivity index (χ4v) is 3.03. The van der Waals surface area contributed by atoms with Gasteiger partial charge >= 0.3 is 0 Å². The van der Waals surface area contributed by atoms with Crippen LogP contribution in [0.4, 0.5) is 8.78 Å². The standard InChI is InChI=1S/C18H20F2N2O3/c1-24-17-15(19)4-3-14(16(17)20)18(23)22-7-2-6-21(8-9-22)11-13-5-10-25-12-13/h3-5,10,12H,2,6-9,11H2,1H3. The highest BCUT2D eigenvalue weighted by molar-refractivity contribution is 5.95. The lowest BCUT2D eigenvalue weighted by Crippen LogP contribution is -2.35. The van der Waals surface area contributed by atoms with Crippen molar-refractivity contribution >= 4 is 5.91 Å². The fraction of sp³-hybridized carbons (Fsp3) is 0.389. The second-order valence-corrected chi connectivity index (χ2v) is 6.00. The average molecular weight is 350 g/mol.